The average Bonchev–Trinajstić information content (AvgIpc) is 2.42. The highest BCUT2D eigenvalue weighted by molar-refractivity contribution is 5.32. The normalized spacial score (nSPS) is 24.3. The van der Waals surface area contributed by atoms with E-state index in [9.17, 15) is 0 Å². The Hall–Kier alpha value is -0.900. The fourth-order valence-corrected chi connectivity index (χ4v) is 3.06. The Balaban J connectivity index is 2.35. The topological polar surface area (TPSA) is 24.5 Å². The quantitative estimate of drug-likeness (QED) is 0.915. The Bertz CT molecular complexity index is 443. The van der Waals surface area contributed by atoms with Crippen molar-refractivity contribution >= 4 is 0 Å². The van der Waals surface area contributed by atoms with Crippen LogP contribution in [0.2, 0.25) is 0 Å². The van der Waals surface area contributed by atoms with E-state index in [0.29, 0.717) is 12.1 Å². The summed E-state index contributed by atoms with van der Waals surface area (Å²) in [7, 11) is 2.00. The predicted octanol–water partition coefficient (Wildman–Crippen LogP) is 2.67. The molecule has 1 fully saturated rings. The van der Waals surface area contributed by atoms with Crippen LogP contribution in [0.25, 0.3) is 0 Å². The molecule has 0 spiro atoms. The van der Waals surface area contributed by atoms with Gasteiger partial charge in [0.2, 0.25) is 0 Å². The molecule has 1 aromatic rings. The lowest BCUT2D eigenvalue weighted by molar-refractivity contribution is -0.0815. The highest BCUT2D eigenvalue weighted by Gasteiger charge is 2.34. The smallest absolute Gasteiger partial charge is 0.0896 e. The molecule has 2 atom stereocenters. The highest BCUT2D eigenvalue weighted by Crippen LogP contribution is 2.32. The fraction of sp³-hybridized carbons (Fsp3) is 0.647. The lowest BCUT2D eigenvalue weighted by Gasteiger charge is -2.44. The first-order chi connectivity index (χ1) is 9.54. The number of benzene rings is 1. The van der Waals surface area contributed by atoms with Crippen molar-refractivity contribution < 1.29 is 4.74 Å². The van der Waals surface area contributed by atoms with Crippen LogP contribution in [0, 0.1) is 13.8 Å². The molecule has 0 bridgehead atoms. The Morgan fingerprint density at radius 3 is 2.65 bits per heavy atom. The summed E-state index contributed by atoms with van der Waals surface area (Å²) in [6, 6.07) is 7.70. The summed E-state index contributed by atoms with van der Waals surface area (Å²) in [5, 5.41) is 3.27. The number of hydrogen-bond donors (Lipinski definition) is 1. The third-order valence-corrected chi connectivity index (χ3v) is 4.33. The van der Waals surface area contributed by atoms with Gasteiger partial charge in [-0.25, -0.2) is 0 Å². The maximum absolute atomic E-state index is 6.03. The first kappa shape index (κ1) is 15.5. The zero-order valence-corrected chi connectivity index (χ0v) is 13.4. The van der Waals surface area contributed by atoms with E-state index in [4.69, 9.17) is 4.74 Å². The predicted molar refractivity (Wildman–Crippen MR) is 84.2 cm³/mol. The molecule has 1 heterocycles. The molecule has 2 unspecified atom stereocenters. The molecular weight excluding hydrogens is 248 g/mol. The molecular formula is C17H28N2O. The SMILES string of the molecule is CNCC1OCCN(C(C)C)C1c1ccc(C)c(C)c1. The van der Waals surface area contributed by atoms with Crippen molar-refractivity contribution in [3.63, 3.8) is 0 Å². The molecule has 3 heteroatoms. The summed E-state index contributed by atoms with van der Waals surface area (Å²) in [5.74, 6) is 0. The lowest BCUT2D eigenvalue weighted by atomic mass is 9.94. The van der Waals surface area contributed by atoms with E-state index in [0.717, 1.165) is 19.7 Å². The summed E-state index contributed by atoms with van der Waals surface area (Å²) in [4.78, 5) is 2.57. The maximum atomic E-state index is 6.03. The summed E-state index contributed by atoms with van der Waals surface area (Å²) in [5.41, 5.74) is 4.09. The van der Waals surface area contributed by atoms with Crippen molar-refractivity contribution in [1.82, 2.24) is 10.2 Å². The van der Waals surface area contributed by atoms with Gasteiger partial charge in [-0.1, -0.05) is 18.2 Å². The Morgan fingerprint density at radius 1 is 1.30 bits per heavy atom. The van der Waals surface area contributed by atoms with Gasteiger partial charge in [-0.05, 0) is 51.4 Å². The molecule has 0 aliphatic carbocycles. The summed E-state index contributed by atoms with van der Waals surface area (Å²) >= 11 is 0. The van der Waals surface area contributed by atoms with E-state index in [1.165, 1.54) is 16.7 Å². The number of ether oxygens (including phenoxy) is 1. The lowest BCUT2D eigenvalue weighted by Crippen LogP contribution is -2.51. The first-order valence-corrected chi connectivity index (χ1v) is 7.63. The van der Waals surface area contributed by atoms with Gasteiger partial charge in [0.15, 0.2) is 0 Å². The second kappa shape index (κ2) is 6.70. The van der Waals surface area contributed by atoms with E-state index < -0.39 is 0 Å². The number of nitrogens with one attached hydrogen (secondary N) is 1. The van der Waals surface area contributed by atoms with Crippen molar-refractivity contribution in [2.24, 2.45) is 0 Å². The Morgan fingerprint density at radius 2 is 2.05 bits per heavy atom. The van der Waals surface area contributed by atoms with Gasteiger partial charge in [-0.15, -0.1) is 0 Å². The largest absolute Gasteiger partial charge is 0.374 e. The van der Waals surface area contributed by atoms with Crippen molar-refractivity contribution in [3.8, 4) is 0 Å². The molecule has 1 aromatic carbocycles. The molecule has 1 N–H and O–H groups in total. The summed E-state index contributed by atoms with van der Waals surface area (Å²) < 4.78 is 6.03. The van der Waals surface area contributed by atoms with E-state index in [1.807, 2.05) is 7.05 Å². The number of rotatable bonds is 4. The van der Waals surface area contributed by atoms with Crippen LogP contribution in [0.15, 0.2) is 18.2 Å². The number of morpholine rings is 1. The van der Waals surface area contributed by atoms with Crippen LogP contribution < -0.4 is 5.32 Å². The Kier molecular flexibility index (Phi) is 5.19. The van der Waals surface area contributed by atoms with Gasteiger partial charge in [0.1, 0.15) is 0 Å². The van der Waals surface area contributed by atoms with E-state index in [-0.39, 0.29) is 6.10 Å². The third-order valence-electron chi connectivity index (χ3n) is 4.33. The van der Waals surface area contributed by atoms with Gasteiger partial charge in [-0.2, -0.15) is 0 Å². The van der Waals surface area contributed by atoms with Crippen LogP contribution in [0.4, 0.5) is 0 Å². The minimum absolute atomic E-state index is 0.221. The molecule has 0 amide bonds. The van der Waals surface area contributed by atoms with Gasteiger partial charge in [-0.3, -0.25) is 4.90 Å². The molecule has 3 nitrogen and oxygen atoms in total. The van der Waals surface area contributed by atoms with Crippen LogP contribution in [-0.4, -0.2) is 43.8 Å². The first-order valence-electron chi connectivity index (χ1n) is 7.63. The van der Waals surface area contributed by atoms with Crippen molar-refractivity contribution in [1.29, 1.82) is 0 Å². The van der Waals surface area contributed by atoms with Gasteiger partial charge < -0.3 is 10.1 Å². The maximum Gasteiger partial charge on any atom is 0.0896 e. The van der Waals surface area contributed by atoms with Crippen molar-refractivity contribution in [3.05, 3.63) is 34.9 Å². The molecule has 1 aliphatic rings. The molecule has 112 valence electrons. The van der Waals surface area contributed by atoms with Crippen LogP contribution in [0.1, 0.15) is 36.6 Å². The zero-order valence-electron chi connectivity index (χ0n) is 13.4. The number of likely N-dealkylation sites (N-methyl/N-ethyl adjacent to an activating group) is 1. The van der Waals surface area contributed by atoms with E-state index in [1.54, 1.807) is 0 Å². The minimum Gasteiger partial charge on any atom is -0.374 e. The molecule has 20 heavy (non-hydrogen) atoms. The van der Waals surface area contributed by atoms with Crippen LogP contribution in [0.3, 0.4) is 0 Å². The van der Waals surface area contributed by atoms with Gasteiger partial charge >= 0.3 is 0 Å². The zero-order chi connectivity index (χ0) is 14.7. The average molecular weight is 276 g/mol. The highest BCUT2D eigenvalue weighted by atomic mass is 16.5. The van der Waals surface area contributed by atoms with Gasteiger partial charge in [0.25, 0.3) is 0 Å². The Labute approximate surface area is 123 Å². The van der Waals surface area contributed by atoms with Crippen molar-refractivity contribution in [2.75, 3.05) is 26.7 Å². The summed E-state index contributed by atoms with van der Waals surface area (Å²) in [6.45, 7) is 11.6. The van der Waals surface area contributed by atoms with Crippen LogP contribution >= 0.6 is 0 Å². The third kappa shape index (κ3) is 3.22. The van der Waals surface area contributed by atoms with Gasteiger partial charge in [0.05, 0.1) is 18.8 Å². The van der Waals surface area contributed by atoms with Gasteiger partial charge in [0, 0.05) is 19.1 Å². The van der Waals surface area contributed by atoms with E-state index >= 15 is 0 Å². The number of aryl methyl sites for hydroxylation is 2. The molecule has 0 saturated carbocycles. The standard InChI is InChI=1S/C17H28N2O/c1-12(2)19-8-9-20-16(11-18-5)17(19)15-7-6-13(3)14(4)10-15/h6-7,10,12,16-18H,8-9,11H2,1-5H3. The van der Waals surface area contributed by atoms with Crippen molar-refractivity contribution in [2.45, 2.75) is 45.9 Å². The monoisotopic (exact) mass is 276 g/mol. The second-order valence-electron chi connectivity index (χ2n) is 6.09. The summed E-state index contributed by atoms with van der Waals surface area (Å²) in [6.07, 6.45) is 0.221. The fourth-order valence-electron chi connectivity index (χ4n) is 3.06. The van der Waals surface area contributed by atoms with Crippen LogP contribution in [-0.2, 0) is 4.74 Å². The second-order valence-corrected chi connectivity index (χ2v) is 6.09. The van der Waals surface area contributed by atoms with E-state index in [2.05, 4.69) is 56.1 Å². The minimum atomic E-state index is 0.221. The molecule has 0 radical (unpaired) electrons. The molecule has 2 rings (SSSR count). The number of nitrogens with zero attached hydrogens (tertiary/aromatic N) is 1. The van der Waals surface area contributed by atoms with Crippen LogP contribution in [0.5, 0.6) is 0 Å². The number of hydrogen-bond acceptors (Lipinski definition) is 3. The molecule has 1 aliphatic heterocycles. The molecule has 1 saturated heterocycles. The molecule has 0 aromatic heterocycles.